The fraction of sp³-hybridized carbons (Fsp3) is 0.188. The molecular weight excluding hydrogens is 316 g/mol. The second-order valence-corrected chi connectivity index (χ2v) is 5.29. The molecule has 0 saturated heterocycles. The number of benzene rings is 2. The molecule has 0 radical (unpaired) electrons. The summed E-state index contributed by atoms with van der Waals surface area (Å²) in [5.41, 5.74) is 7.81. The highest BCUT2D eigenvalue weighted by Gasteiger charge is 2.11. The molecular formula is C16H15BrN2O. The Morgan fingerprint density at radius 2 is 1.95 bits per heavy atom. The van der Waals surface area contributed by atoms with E-state index in [0.717, 1.165) is 21.3 Å². The fourth-order valence-electron chi connectivity index (χ4n) is 1.90. The van der Waals surface area contributed by atoms with Crippen LogP contribution in [0.2, 0.25) is 0 Å². The summed E-state index contributed by atoms with van der Waals surface area (Å²) < 4.78 is 6.91. The molecule has 1 atom stereocenters. The van der Waals surface area contributed by atoms with Crippen molar-refractivity contribution in [1.29, 1.82) is 5.26 Å². The molecule has 3 nitrogen and oxygen atoms in total. The van der Waals surface area contributed by atoms with Gasteiger partial charge in [0, 0.05) is 11.0 Å². The quantitative estimate of drug-likeness (QED) is 0.911. The second-order valence-electron chi connectivity index (χ2n) is 4.38. The van der Waals surface area contributed by atoms with Crippen LogP contribution in [-0.4, -0.2) is 6.54 Å². The molecule has 2 rings (SSSR count). The van der Waals surface area contributed by atoms with Gasteiger partial charge in [0.2, 0.25) is 0 Å². The van der Waals surface area contributed by atoms with E-state index in [2.05, 4.69) is 22.0 Å². The minimum Gasteiger partial charge on any atom is -0.484 e. The molecule has 0 saturated carbocycles. The highest BCUT2D eigenvalue weighted by molar-refractivity contribution is 9.10. The van der Waals surface area contributed by atoms with E-state index in [0.29, 0.717) is 13.0 Å². The van der Waals surface area contributed by atoms with Gasteiger partial charge in [-0.15, -0.1) is 0 Å². The van der Waals surface area contributed by atoms with Crippen LogP contribution in [0.1, 0.15) is 17.2 Å². The molecule has 20 heavy (non-hydrogen) atoms. The molecule has 2 aromatic carbocycles. The smallest absolute Gasteiger partial charge is 0.136 e. The standard InChI is InChI=1S/C16H15BrN2O/c17-14-3-1-2-13(10-14)16(11-19)20-15-6-4-12(5-7-15)8-9-18/h1-7,10,16H,8,11,19H2. The van der Waals surface area contributed by atoms with Crippen molar-refractivity contribution in [1.82, 2.24) is 0 Å². The minimum atomic E-state index is -0.186. The van der Waals surface area contributed by atoms with Crippen LogP contribution in [0, 0.1) is 11.3 Å². The van der Waals surface area contributed by atoms with Crippen LogP contribution in [-0.2, 0) is 6.42 Å². The zero-order valence-electron chi connectivity index (χ0n) is 10.9. The van der Waals surface area contributed by atoms with Crippen molar-refractivity contribution in [3.8, 4) is 11.8 Å². The van der Waals surface area contributed by atoms with Gasteiger partial charge in [-0.2, -0.15) is 5.26 Å². The van der Waals surface area contributed by atoms with Crippen molar-refractivity contribution in [2.75, 3.05) is 6.54 Å². The maximum Gasteiger partial charge on any atom is 0.136 e. The topological polar surface area (TPSA) is 59.0 Å². The third-order valence-corrected chi connectivity index (χ3v) is 3.41. The normalized spacial score (nSPS) is 11.7. The van der Waals surface area contributed by atoms with E-state index >= 15 is 0 Å². The molecule has 0 aromatic heterocycles. The van der Waals surface area contributed by atoms with Gasteiger partial charge in [-0.05, 0) is 35.4 Å². The summed E-state index contributed by atoms with van der Waals surface area (Å²) in [6.07, 6.45) is 0.223. The van der Waals surface area contributed by atoms with Gasteiger partial charge in [-0.1, -0.05) is 40.2 Å². The third-order valence-electron chi connectivity index (χ3n) is 2.92. The maximum atomic E-state index is 8.64. The van der Waals surface area contributed by atoms with E-state index in [9.17, 15) is 0 Å². The van der Waals surface area contributed by atoms with Crippen LogP contribution in [0.15, 0.2) is 53.0 Å². The summed E-state index contributed by atoms with van der Waals surface area (Å²) in [5, 5.41) is 8.64. The van der Waals surface area contributed by atoms with E-state index < -0.39 is 0 Å². The van der Waals surface area contributed by atoms with Crippen molar-refractivity contribution in [3.05, 3.63) is 64.1 Å². The number of halogens is 1. The molecule has 0 aliphatic heterocycles. The molecule has 0 bridgehead atoms. The predicted octanol–water partition coefficient (Wildman–Crippen LogP) is 3.59. The van der Waals surface area contributed by atoms with Gasteiger partial charge in [0.15, 0.2) is 0 Å². The van der Waals surface area contributed by atoms with Crippen LogP contribution in [0.4, 0.5) is 0 Å². The minimum absolute atomic E-state index is 0.186. The lowest BCUT2D eigenvalue weighted by molar-refractivity contribution is 0.214. The Bertz CT molecular complexity index is 605. The monoisotopic (exact) mass is 330 g/mol. The van der Waals surface area contributed by atoms with Gasteiger partial charge >= 0.3 is 0 Å². The molecule has 1 unspecified atom stereocenters. The fourth-order valence-corrected chi connectivity index (χ4v) is 2.32. The van der Waals surface area contributed by atoms with Crippen LogP contribution in [0.5, 0.6) is 5.75 Å². The summed E-state index contributed by atoms with van der Waals surface area (Å²) in [5.74, 6) is 0.752. The molecule has 2 aromatic rings. The van der Waals surface area contributed by atoms with Crippen molar-refractivity contribution < 1.29 is 4.74 Å². The van der Waals surface area contributed by atoms with Crippen LogP contribution < -0.4 is 10.5 Å². The Hall–Kier alpha value is -1.83. The third kappa shape index (κ3) is 3.83. The van der Waals surface area contributed by atoms with Gasteiger partial charge in [-0.3, -0.25) is 0 Å². The molecule has 102 valence electrons. The number of hydrogen-bond donors (Lipinski definition) is 1. The molecule has 0 aliphatic carbocycles. The predicted molar refractivity (Wildman–Crippen MR) is 82.3 cm³/mol. The van der Waals surface area contributed by atoms with Crippen molar-refractivity contribution in [3.63, 3.8) is 0 Å². The molecule has 0 spiro atoms. The average molecular weight is 331 g/mol. The Kier molecular flexibility index (Phi) is 5.16. The van der Waals surface area contributed by atoms with Crippen molar-refractivity contribution >= 4 is 15.9 Å². The van der Waals surface area contributed by atoms with Gasteiger partial charge in [0.05, 0.1) is 12.5 Å². The highest BCUT2D eigenvalue weighted by atomic mass is 79.9. The largest absolute Gasteiger partial charge is 0.484 e. The number of ether oxygens (including phenoxy) is 1. The average Bonchev–Trinajstić information content (AvgIpc) is 2.47. The number of hydrogen-bond acceptors (Lipinski definition) is 3. The van der Waals surface area contributed by atoms with Crippen LogP contribution >= 0.6 is 15.9 Å². The van der Waals surface area contributed by atoms with Crippen LogP contribution in [0.3, 0.4) is 0 Å². The van der Waals surface area contributed by atoms with Crippen LogP contribution in [0.25, 0.3) is 0 Å². The Morgan fingerprint density at radius 3 is 2.55 bits per heavy atom. The molecule has 2 N–H and O–H groups in total. The maximum absolute atomic E-state index is 8.64. The molecule has 4 heteroatoms. The molecule has 0 fully saturated rings. The number of nitriles is 1. The lowest BCUT2D eigenvalue weighted by atomic mass is 10.1. The van der Waals surface area contributed by atoms with E-state index in [4.69, 9.17) is 15.7 Å². The van der Waals surface area contributed by atoms with E-state index in [1.807, 2.05) is 48.5 Å². The molecule has 0 amide bonds. The SMILES string of the molecule is N#CCc1ccc(OC(CN)c2cccc(Br)c2)cc1. The lowest BCUT2D eigenvalue weighted by Crippen LogP contribution is -2.18. The summed E-state index contributed by atoms with van der Waals surface area (Å²) in [4.78, 5) is 0. The second kappa shape index (κ2) is 7.09. The molecule has 0 aliphatic rings. The summed E-state index contributed by atoms with van der Waals surface area (Å²) in [6.45, 7) is 0.399. The van der Waals surface area contributed by atoms with Gasteiger partial charge < -0.3 is 10.5 Å². The van der Waals surface area contributed by atoms with Gasteiger partial charge in [-0.25, -0.2) is 0 Å². The zero-order valence-corrected chi connectivity index (χ0v) is 12.5. The zero-order chi connectivity index (χ0) is 14.4. The Morgan fingerprint density at radius 1 is 1.20 bits per heavy atom. The first-order valence-corrected chi connectivity index (χ1v) is 7.10. The van der Waals surface area contributed by atoms with Gasteiger partial charge in [0.25, 0.3) is 0 Å². The van der Waals surface area contributed by atoms with E-state index in [-0.39, 0.29) is 6.10 Å². The van der Waals surface area contributed by atoms with E-state index in [1.54, 1.807) is 0 Å². The highest BCUT2D eigenvalue weighted by Crippen LogP contribution is 2.24. The first-order valence-electron chi connectivity index (χ1n) is 6.31. The van der Waals surface area contributed by atoms with E-state index in [1.165, 1.54) is 0 Å². The molecule has 0 heterocycles. The van der Waals surface area contributed by atoms with Crippen molar-refractivity contribution in [2.24, 2.45) is 5.73 Å². The first-order chi connectivity index (χ1) is 9.72. The first kappa shape index (κ1) is 14.6. The number of nitrogens with zero attached hydrogens (tertiary/aromatic N) is 1. The lowest BCUT2D eigenvalue weighted by Gasteiger charge is -2.18. The van der Waals surface area contributed by atoms with Gasteiger partial charge in [0.1, 0.15) is 11.9 Å². The summed E-state index contributed by atoms with van der Waals surface area (Å²) >= 11 is 3.44. The summed E-state index contributed by atoms with van der Waals surface area (Å²) in [6, 6.07) is 17.6. The number of rotatable bonds is 5. The Balaban J connectivity index is 2.12. The Labute approximate surface area is 127 Å². The number of nitrogens with two attached hydrogens (primary N) is 1. The van der Waals surface area contributed by atoms with Crippen molar-refractivity contribution in [2.45, 2.75) is 12.5 Å². The summed E-state index contributed by atoms with van der Waals surface area (Å²) in [7, 11) is 0.